The number of sulfone groups is 1. The molecule has 19 heavy (non-hydrogen) atoms. The van der Waals surface area contributed by atoms with E-state index in [9.17, 15) is 8.42 Å². The summed E-state index contributed by atoms with van der Waals surface area (Å²) in [5.74, 6) is 0.512. The van der Waals surface area contributed by atoms with Gasteiger partial charge in [0.1, 0.15) is 0 Å². The van der Waals surface area contributed by atoms with Crippen LogP contribution in [0.5, 0.6) is 0 Å². The van der Waals surface area contributed by atoms with E-state index in [1.165, 1.54) is 0 Å². The quantitative estimate of drug-likeness (QED) is 0.910. The van der Waals surface area contributed by atoms with E-state index in [4.69, 9.17) is 5.73 Å². The summed E-state index contributed by atoms with van der Waals surface area (Å²) in [6.07, 6.45) is 0.684. The van der Waals surface area contributed by atoms with Gasteiger partial charge in [0, 0.05) is 29.3 Å². The molecule has 6 heteroatoms. The zero-order chi connectivity index (χ0) is 14.2. The van der Waals surface area contributed by atoms with Crippen LogP contribution in [0.4, 0.5) is 5.69 Å². The first-order chi connectivity index (χ1) is 8.80. The summed E-state index contributed by atoms with van der Waals surface area (Å²) in [6.45, 7) is 1.94. The molecule has 4 nitrogen and oxygen atoms in total. The largest absolute Gasteiger partial charge is 0.370 e. The third-order valence-corrected chi connectivity index (χ3v) is 5.86. The molecule has 0 spiro atoms. The molecule has 0 aromatic heterocycles. The molecule has 1 heterocycles. The highest BCUT2D eigenvalue weighted by Crippen LogP contribution is 2.31. The zero-order valence-corrected chi connectivity index (χ0v) is 13.5. The summed E-state index contributed by atoms with van der Waals surface area (Å²) in [6, 6.07) is 5.91. The molecule has 1 saturated heterocycles. The fraction of sp³-hybridized carbons (Fsp3) is 0.538. The summed E-state index contributed by atoms with van der Waals surface area (Å²) in [4.78, 5) is 2.05. The van der Waals surface area contributed by atoms with E-state index in [1.807, 2.05) is 37.1 Å². The Hall–Kier alpha value is -0.590. The van der Waals surface area contributed by atoms with Crippen LogP contribution < -0.4 is 10.6 Å². The van der Waals surface area contributed by atoms with Gasteiger partial charge < -0.3 is 10.6 Å². The molecule has 1 aliphatic rings. The molecule has 2 unspecified atom stereocenters. The molecular formula is C13H19BrN2O2S. The van der Waals surface area contributed by atoms with E-state index in [-0.39, 0.29) is 23.6 Å². The lowest BCUT2D eigenvalue weighted by atomic mass is 10.0. The van der Waals surface area contributed by atoms with Gasteiger partial charge in [0.15, 0.2) is 9.84 Å². The van der Waals surface area contributed by atoms with E-state index < -0.39 is 9.84 Å². The predicted octanol–water partition coefficient (Wildman–Crippen LogP) is 2.09. The van der Waals surface area contributed by atoms with Crippen molar-refractivity contribution in [1.82, 2.24) is 0 Å². The first-order valence-electron chi connectivity index (χ1n) is 6.28. The number of nitrogens with two attached hydrogens (primary N) is 1. The molecule has 2 N–H and O–H groups in total. The number of benzene rings is 1. The Labute approximate surface area is 123 Å². The number of rotatable bonds is 3. The average molecular weight is 347 g/mol. The van der Waals surface area contributed by atoms with Crippen LogP contribution in [0.15, 0.2) is 22.7 Å². The van der Waals surface area contributed by atoms with Gasteiger partial charge in [-0.2, -0.15) is 0 Å². The van der Waals surface area contributed by atoms with Crippen molar-refractivity contribution < 1.29 is 8.42 Å². The molecule has 2 rings (SSSR count). The maximum Gasteiger partial charge on any atom is 0.152 e. The Morgan fingerprint density at radius 3 is 2.68 bits per heavy atom. The predicted molar refractivity (Wildman–Crippen MR) is 82.2 cm³/mol. The van der Waals surface area contributed by atoms with Gasteiger partial charge in [-0.05, 0) is 31.0 Å². The molecule has 0 radical (unpaired) electrons. The van der Waals surface area contributed by atoms with Gasteiger partial charge in [-0.1, -0.05) is 22.0 Å². The maximum atomic E-state index is 11.6. The summed E-state index contributed by atoms with van der Waals surface area (Å²) < 4.78 is 24.2. The summed E-state index contributed by atoms with van der Waals surface area (Å²) >= 11 is 3.46. The van der Waals surface area contributed by atoms with Gasteiger partial charge in [-0.3, -0.25) is 0 Å². The Morgan fingerprint density at radius 1 is 1.47 bits per heavy atom. The highest BCUT2D eigenvalue weighted by molar-refractivity contribution is 9.10. The fourth-order valence-electron chi connectivity index (χ4n) is 2.48. The van der Waals surface area contributed by atoms with Gasteiger partial charge in [0.2, 0.25) is 0 Å². The van der Waals surface area contributed by atoms with Gasteiger partial charge in [-0.15, -0.1) is 0 Å². The topological polar surface area (TPSA) is 63.4 Å². The zero-order valence-electron chi connectivity index (χ0n) is 11.1. The molecule has 0 bridgehead atoms. The highest BCUT2D eigenvalue weighted by Gasteiger charge is 2.31. The van der Waals surface area contributed by atoms with E-state index in [1.54, 1.807) is 0 Å². The third kappa shape index (κ3) is 3.30. The van der Waals surface area contributed by atoms with Crippen LogP contribution in [0, 0.1) is 0 Å². The Balaban J connectivity index is 2.33. The van der Waals surface area contributed by atoms with E-state index in [0.717, 1.165) is 15.7 Å². The monoisotopic (exact) mass is 346 g/mol. The molecule has 0 aliphatic carbocycles. The van der Waals surface area contributed by atoms with Gasteiger partial charge in [0.05, 0.1) is 11.5 Å². The lowest BCUT2D eigenvalue weighted by molar-refractivity contribution is 0.600. The van der Waals surface area contributed by atoms with Crippen LogP contribution in [0.2, 0.25) is 0 Å². The van der Waals surface area contributed by atoms with Gasteiger partial charge >= 0.3 is 0 Å². The fourth-order valence-corrected chi connectivity index (χ4v) is 4.61. The molecule has 1 fully saturated rings. The van der Waals surface area contributed by atoms with Crippen molar-refractivity contribution in [3.8, 4) is 0 Å². The SMILES string of the molecule is CC(N)c1ccc(Br)cc1N(C)C1CCS(=O)(=O)C1. The highest BCUT2D eigenvalue weighted by atomic mass is 79.9. The van der Waals surface area contributed by atoms with Crippen LogP contribution in [0.3, 0.4) is 0 Å². The summed E-state index contributed by atoms with van der Waals surface area (Å²) in [5, 5.41) is 0. The summed E-state index contributed by atoms with van der Waals surface area (Å²) in [7, 11) is -0.933. The second-order valence-corrected chi connectivity index (χ2v) is 8.30. The number of hydrogen-bond donors (Lipinski definition) is 1. The minimum atomic E-state index is -2.88. The van der Waals surface area contributed by atoms with Gasteiger partial charge in [-0.25, -0.2) is 8.42 Å². The van der Waals surface area contributed by atoms with Crippen molar-refractivity contribution in [3.05, 3.63) is 28.2 Å². The standard InChI is InChI=1S/C13H19BrN2O2S/c1-9(15)12-4-3-10(14)7-13(12)16(2)11-5-6-19(17,18)8-11/h3-4,7,9,11H,5-6,8,15H2,1-2H3. The summed E-state index contributed by atoms with van der Waals surface area (Å²) in [5.41, 5.74) is 8.04. The van der Waals surface area contributed by atoms with Crippen LogP contribution in [-0.2, 0) is 9.84 Å². The lowest BCUT2D eigenvalue weighted by Crippen LogP contribution is -2.33. The van der Waals surface area contributed by atoms with Crippen molar-refractivity contribution in [2.24, 2.45) is 5.73 Å². The van der Waals surface area contributed by atoms with Gasteiger partial charge in [0.25, 0.3) is 0 Å². The number of anilines is 1. The Bertz CT molecular complexity index is 572. The minimum Gasteiger partial charge on any atom is -0.370 e. The van der Waals surface area contributed by atoms with Crippen molar-refractivity contribution in [1.29, 1.82) is 0 Å². The van der Waals surface area contributed by atoms with Crippen molar-refractivity contribution in [2.45, 2.75) is 25.4 Å². The van der Waals surface area contributed by atoms with Crippen molar-refractivity contribution in [2.75, 3.05) is 23.5 Å². The number of nitrogens with zero attached hydrogens (tertiary/aromatic N) is 1. The van der Waals surface area contributed by atoms with Crippen molar-refractivity contribution in [3.63, 3.8) is 0 Å². The first-order valence-corrected chi connectivity index (χ1v) is 8.90. The molecule has 2 atom stereocenters. The van der Waals surface area contributed by atoms with E-state index in [2.05, 4.69) is 15.9 Å². The van der Waals surface area contributed by atoms with Crippen LogP contribution in [0.1, 0.15) is 24.9 Å². The molecule has 106 valence electrons. The normalized spacial score (nSPS) is 23.3. The Morgan fingerprint density at radius 2 is 2.16 bits per heavy atom. The van der Waals surface area contributed by atoms with E-state index in [0.29, 0.717) is 6.42 Å². The molecule has 1 aromatic carbocycles. The van der Waals surface area contributed by atoms with E-state index >= 15 is 0 Å². The van der Waals surface area contributed by atoms with Crippen LogP contribution in [0.25, 0.3) is 0 Å². The number of hydrogen-bond acceptors (Lipinski definition) is 4. The average Bonchev–Trinajstić information content (AvgIpc) is 2.68. The van der Waals surface area contributed by atoms with Crippen LogP contribution >= 0.6 is 15.9 Å². The van der Waals surface area contributed by atoms with Crippen LogP contribution in [-0.4, -0.2) is 33.0 Å². The maximum absolute atomic E-state index is 11.6. The molecule has 0 amide bonds. The molecule has 1 aromatic rings. The molecular weight excluding hydrogens is 328 g/mol. The lowest BCUT2D eigenvalue weighted by Gasteiger charge is -2.29. The number of halogens is 1. The molecule has 1 aliphatic heterocycles. The second-order valence-electron chi connectivity index (χ2n) is 5.16. The minimum absolute atomic E-state index is 0.0387. The smallest absolute Gasteiger partial charge is 0.152 e. The van der Waals surface area contributed by atoms with Crippen molar-refractivity contribution >= 4 is 31.5 Å². The first kappa shape index (κ1) is 14.8. The second kappa shape index (κ2) is 5.42. The Kier molecular flexibility index (Phi) is 4.23. The third-order valence-electron chi connectivity index (χ3n) is 3.62. The molecule has 0 saturated carbocycles.